The summed E-state index contributed by atoms with van der Waals surface area (Å²) >= 11 is 0. The minimum atomic E-state index is -0.953. The van der Waals surface area contributed by atoms with Gasteiger partial charge in [0.25, 0.3) is 5.91 Å². The van der Waals surface area contributed by atoms with Crippen LogP contribution in [0.1, 0.15) is 31.4 Å². The molecule has 10 heteroatoms. The van der Waals surface area contributed by atoms with Gasteiger partial charge < -0.3 is 19.7 Å². The van der Waals surface area contributed by atoms with E-state index in [1.54, 1.807) is 20.3 Å². The van der Waals surface area contributed by atoms with Crippen LogP contribution in [0.2, 0.25) is 0 Å². The molecule has 33 heavy (non-hydrogen) atoms. The first-order valence-electron chi connectivity index (χ1n) is 11.3. The molecule has 1 heterocycles. The van der Waals surface area contributed by atoms with Crippen molar-refractivity contribution in [2.75, 3.05) is 47.0 Å². The van der Waals surface area contributed by atoms with Gasteiger partial charge >= 0.3 is 6.09 Å². The molecule has 1 aromatic carbocycles. The third-order valence-corrected chi connectivity index (χ3v) is 5.16. The van der Waals surface area contributed by atoms with Crippen LogP contribution in [-0.2, 0) is 25.5 Å². The number of aromatic nitrogens is 2. The molecule has 2 rings (SSSR count). The van der Waals surface area contributed by atoms with Gasteiger partial charge in [-0.05, 0) is 36.5 Å². The lowest BCUT2D eigenvalue weighted by Crippen LogP contribution is -2.43. The molecule has 0 unspecified atom stereocenters. The minimum absolute atomic E-state index is 0.263. The lowest BCUT2D eigenvalue weighted by molar-refractivity contribution is -0.139. The molecule has 184 valence electrons. The molecule has 2 amide bonds. The molecule has 1 aromatic heterocycles. The molecule has 0 spiro atoms. The number of aryl methyl sites for hydroxylation is 1. The van der Waals surface area contributed by atoms with Crippen LogP contribution in [-0.4, -0.2) is 80.2 Å². The number of rotatable bonds is 14. The highest BCUT2D eigenvalue weighted by molar-refractivity contribution is 5.85. The van der Waals surface area contributed by atoms with Gasteiger partial charge in [0.2, 0.25) is 0 Å². The number of hydroxylamine groups is 1. The Morgan fingerprint density at radius 3 is 2.73 bits per heavy atom. The molecule has 0 aliphatic heterocycles. The lowest BCUT2D eigenvalue weighted by atomic mass is 10.0. The summed E-state index contributed by atoms with van der Waals surface area (Å²) in [6, 6.07) is 3.93. The summed E-state index contributed by atoms with van der Waals surface area (Å²) in [5.41, 5.74) is 5.42. The van der Waals surface area contributed by atoms with Crippen LogP contribution in [0.25, 0.3) is 10.9 Å². The number of H-pyrrole nitrogens is 1. The molecule has 10 nitrogen and oxygen atoms in total. The van der Waals surface area contributed by atoms with Gasteiger partial charge in [0.1, 0.15) is 0 Å². The van der Waals surface area contributed by atoms with Crippen LogP contribution < -0.4 is 10.8 Å². The zero-order chi connectivity index (χ0) is 24.2. The standard InChI is InChI=1S/C23H37N5O5/c1-16(2)6-7-25-23(30)33-20(22(29)28(5)8-9-31-10-11-32-24-4)14-18-12-17(3)21-19(13-18)15-26-27-21/h12-13,15-16,20,24H,6-11,14H2,1-5H3,(H,25,30)(H,26,27)/t20-/m1/s1. The van der Waals surface area contributed by atoms with E-state index in [-0.39, 0.29) is 12.3 Å². The number of fused-ring (bicyclic) bond motifs is 1. The first-order valence-corrected chi connectivity index (χ1v) is 11.3. The van der Waals surface area contributed by atoms with Crippen LogP contribution in [0.5, 0.6) is 0 Å². The van der Waals surface area contributed by atoms with Gasteiger partial charge in [0.15, 0.2) is 6.10 Å². The quantitative estimate of drug-likeness (QED) is 0.290. The van der Waals surface area contributed by atoms with Gasteiger partial charge in [-0.25, -0.2) is 10.3 Å². The highest BCUT2D eigenvalue weighted by Gasteiger charge is 2.27. The molecule has 0 aliphatic carbocycles. The van der Waals surface area contributed by atoms with E-state index in [1.807, 2.05) is 19.1 Å². The van der Waals surface area contributed by atoms with Crippen molar-refractivity contribution in [2.45, 2.75) is 39.7 Å². The number of carbonyl (C=O) groups is 2. The molecule has 0 fully saturated rings. The van der Waals surface area contributed by atoms with Gasteiger partial charge in [-0.15, -0.1) is 0 Å². The molecular formula is C23H37N5O5. The Balaban J connectivity index is 2.03. The van der Waals surface area contributed by atoms with Crippen molar-refractivity contribution in [3.05, 3.63) is 29.5 Å². The molecule has 0 radical (unpaired) electrons. The van der Waals surface area contributed by atoms with E-state index in [9.17, 15) is 9.59 Å². The van der Waals surface area contributed by atoms with Crippen molar-refractivity contribution < 1.29 is 23.9 Å². The van der Waals surface area contributed by atoms with Crippen molar-refractivity contribution in [1.29, 1.82) is 0 Å². The monoisotopic (exact) mass is 463 g/mol. The predicted octanol–water partition coefficient (Wildman–Crippen LogP) is 2.18. The molecule has 2 aromatic rings. The topological polar surface area (TPSA) is 118 Å². The molecule has 0 bridgehead atoms. The number of aromatic amines is 1. The largest absolute Gasteiger partial charge is 0.436 e. The summed E-state index contributed by atoms with van der Waals surface area (Å²) in [6.45, 7) is 8.16. The van der Waals surface area contributed by atoms with Crippen LogP contribution in [0.3, 0.4) is 0 Å². The molecule has 3 N–H and O–H groups in total. The summed E-state index contributed by atoms with van der Waals surface area (Å²) in [5, 5.41) is 10.7. The third kappa shape index (κ3) is 8.99. The molecule has 0 saturated heterocycles. The smallest absolute Gasteiger partial charge is 0.407 e. The Bertz CT molecular complexity index is 885. The zero-order valence-electron chi connectivity index (χ0n) is 20.3. The Kier molecular flexibility index (Phi) is 11.1. The molecular weight excluding hydrogens is 426 g/mol. The predicted molar refractivity (Wildman–Crippen MR) is 126 cm³/mol. The number of likely N-dealkylation sites (N-methyl/N-ethyl adjacent to an activating group) is 1. The number of alkyl carbamates (subject to hydrolysis) is 1. The van der Waals surface area contributed by atoms with Crippen LogP contribution >= 0.6 is 0 Å². The van der Waals surface area contributed by atoms with Crippen LogP contribution in [0.15, 0.2) is 18.3 Å². The Morgan fingerprint density at radius 1 is 1.21 bits per heavy atom. The first-order chi connectivity index (χ1) is 15.8. The van der Waals surface area contributed by atoms with Crippen molar-refractivity contribution >= 4 is 22.9 Å². The Labute approximate surface area is 195 Å². The van der Waals surface area contributed by atoms with Gasteiger partial charge in [0.05, 0.1) is 31.5 Å². The summed E-state index contributed by atoms with van der Waals surface area (Å²) < 4.78 is 11.1. The summed E-state index contributed by atoms with van der Waals surface area (Å²) in [4.78, 5) is 32.0. The average molecular weight is 464 g/mol. The maximum Gasteiger partial charge on any atom is 0.407 e. The highest BCUT2D eigenvalue weighted by Crippen LogP contribution is 2.20. The van der Waals surface area contributed by atoms with Crippen molar-refractivity contribution in [1.82, 2.24) is 25.9 Å². The summed E-state index contributed by atoms with van der Waals surface area (Å²) in [5.74, 6) is 0.172. The van der Waals surface area contributed by atoms with E-state index in [1.165, 1.54) is 4.90 Å². The lowest BCUT2D eigenvalue weighted by Gasteiger charge is -2.24. The second kappa shape index (κ2) is 13.8. The minimum Gasteiger partial charge on any atom is -0.436 e. The fourth-order valence-corrected chi connectivity index (χ4v) is 3.32. The number of carbonyl (C=O) groups excluding carboxylic acids is 2. The van der Waals surface area contributed by atoms with Gasteiger partial charge in [-0.3, -0.25) is 14.7 Å². The van der Waals surface area contributed by atoms with E-state index in [4.69, 9.17) is 14.3 Å². The number of ether oxygens (including phenoxy) is 2. The third-order valence-electron chi connectivity index (χ3n) is 5.16. The zero-order valence-corrected chi connectivity index (χ0v) is 20.3. The number of nitrogens with zero attached hydrogens (tertiary/aromatic N) is 2. The van der Waals surface area contributed by atoms with E-state index >= 15 is 0 Å². The van der Waals surface area contributed by atoms with Gasteiger partial charge in [0, 0.05) is 39.0 Å². The summed E-state index contributed by atoms with van der Waals surface area (Å²) in [7, 11) is 3.35. The van der Waals surface area contributed by atoms with Gasteiger partial charge in [-0.2, -0.15) is 5.10 Å². The number of hydrogen-bond donors (Lipinski definition) is 3. The van der Waals surface area contributed by atoms with Crippen LogP contribution in [0.4, 0.5) is 4.79 Å². The molecule has 1 atom stereocenters. The van der Waals surface area contributed by atoms with Crippen molar-refractivity contribution in [2.24, 2.45) is 5.92 Å². The normalized spacial score (nSPS) is 12.2. The first kappa shape index (κ1) is 26.6. The number of hydrogen-bond acceptors (Lipinski definition) is 7. The number of nitrogens with one attached hydrogen (secondary N) is 3. The fraction of sp³-hybridized carbons (Fsp3) is 0.609. The second-order valence-corrected chi connectivity index (χ2v) is 8.38. The van der Waals surface area contributed by atoms with E-state index in [0.29, 0.717) is 38.8 Å². The maximum absolute atomic E-state index is 13.1. The van der Waals surface area contributed by atoms with E-state index in [0.717, 1.165) is 28.5 Å². The van der Waals surface area contributed by atoms with Gasteiger partial charge in [-0.1, -0.05) is 19.9 Å². The Hall–Kier alpha value is -2.69. The fourth-order valence-electron chi connectivity index (χ4n) is 3.32. The van der Waals surface area contributed by atoms with E-state index in [2.05, 4.69) is 34.8 Å². The number of amides is 2. The van der Waals surface area contributed by atoms with Crippen molar-refractivity contribution in [3.8, 4) is 0 Å². The Morgan fingerprint density at radius 2 is 2.00 bits per heavy atom. The van der Waals surface area contributed by atoms with Crippen LogP contribution in [0, 0.1) is 12.8 Å². The summed E-state index contributed by atoms with van der Waals surface area (Å²) in [6.07, 6.45) is 1.29. The molecule has 0 aliphatic rings. The van der Waals surface area contributed by atoms with Crippen molar-refractivity contribution in [3.63, 3.8) is 0 Å². The maximum atomic E-state index is 13.1. The highest BCUT2D eigenvalue weighted by atomic mass is 16.7. The SMILES string of the molecule is CNOCCOCCN(C)C(=O)[C@@H](Cc1cc(C)c2[nH]ncc2c1)OC(=O)NCCC(C)C. The second-order valence-electron chi connectivity index (χ2n) is 8.38. The molecule has 0 saturated carbocycles. The average Bonchev–Trinajstić information content (AvgIpc) is 3.24. The van der Waals surface area contributed by atoms with E-state index < -0.39 is 12.2 Å². The number of benzene rings is 1.